The lowest BCUT2D eigenvalue weighted by Crippen LogP contribution is -2.23. The topological polar surface area (TPSA) is 54.4 Å². The summed E-state index contributed by atoms with van der Waals surface area (Å²) in [7, 11) is -3.62. The van der Waals surface area contributed by atoms with Crippen LogP contribution in [0.4, 0.5) is 0 Å². The average molecular weight is 320 g/mol. The standard InChI is InChI=1S/C16H16O3S2/c17-14-9-8-12(15-7-4-10-20-15)11-16(14)21(18,19)13-5-2-1-3-6-13/h1-7,10-12,14,17H,8-9H2/t12-,14+/m1/s1. The van der Waals surface area contributed by atoms with Crippen LogP contribution >= 0.6 is 11.3 Å². The number of allylic oxidation sites excluding steroid dienone is 1. The van der Waals surface area contributed by atoms with E-state index in [1.807, 2.05) is 17.5 Å². The van der Waals surface area contributed by atoms with Crippen molar-refractivity contribution in [3.05, 3.63) is 63.7 Å². The fourth-order valence-electron chi connectivity index (χ4n) is 2.60. The number of hydrogen-bond acceptors (Lipinski definition) is 4. The van der Waals surface area contributed by atoms with Gasteiger partial charge in [0.15, 0.2) is 0 Å². The number of aliphatic hydroxyl groups is 1. The van der Waals surface area contributed by atoms with Gasteiger partial charge in [-0.25, -0.2) is 8.42 Å². The molecule has 1 aliphatic rings. The normalized spacial score (nSPS) is 22.8. The van der Waals surface area contributed by atoms with Crippen molar-refractivity contribution < 1.29 is 13.5 Å². The Morgan fingerprint density at radius 3 is 2.48 bits per heavy atom. The Morgan fingerprint density at radius 1 is 1.05 bits per heavy atom. The summed E-state index contributed by atoms with van der Waals surface area (Å²) in [5, 5.41) is 12.1. The molecule has 1 N–H and O–H groups in total. The lowest BCUT2D eigenvalue weighted by Gasteiger charge is -2.24. The highest BCUT2D eigenvalue weighted by Gasteiger charge is 2.32. The molecule has 2 aromatic rings. The van der Waals surface area contributed by atoms with Gasteiger partial charge < -0.3 is 5.11 Å². The van der Waals surface area contributed by atoms with E-state index in [1.165, 1.54) is 0 Å². The van der Waals surface area contributed by atoms with Gasteiger partial charge in [0.05, 0.1) is 15.9 Å². The lowest BCUT2D eigenvalue weighted by atomic mass is 9.93. The molecule has 2 atom stereocenters. The van der Waals surface area contributed by atoms with E-state index in [0.717, 1.165) is 11.3 Å². The molecule has 0 saturated heterocycles. The maximum atomic E-state index is 12.7. The smallest absolute Gasteiger partial charge is 0.205 e. The minimum atomic E-state index is -3.62. The molecule has 1 heterocycles. The van der Waals surface area contributed by atoms with Gasteiger partial charge in [-0.3, -0.25) is 0 Å². The molecule has 1 aromatic heterocycles. The molecule has 0 bridgehead atoms. The van der Waals surface area contributed by atoms with E-state index in [4.69, 9.17) is 0 Å². The predicted molar refractivity (Wildman–Crippen MR) is 84.0 cm³/mol. The van der Waals surface area contributed by atoms with Crippen LogP contribution in [0.15, 0.2) is 63.7 Å². The number of thiophene rings is 1. The third kappa shape index (κ3) is 2.81. The highest BCUT2D eigenvalue weighted by atomic mass is 32.2. The number of sulfone groups is 1. The Kier molecular flexibility index (Phi) is 3.97. The Morgan fingerprint density at radius 2 is 1.81 bits per heavy atom. The SMILES string of the molecule is O=S(=O)(C1=C[C@H](c2cccs2)CC[C@@H]1O)c1ccccc1. The van der Waals surface area contributed by atoms with Crippen LogP contribution in [0.2, 0.25) is 0 Å². The fraction of sp³-hybridized carbons (Fsp3) is 0.250. The van der Waals surface area contributed by atoms with Crippen molar-refractivity contribution in [2.75, 3.05) is 0 Å². The maximum Gasteiger partial charge on any atom is 0.205 e. The van der Waals surface area contributed by atoms with Crippen LogP contribution in [0.1, 0.15) is 23.6 Å². The summed E-state index contributed by atoms with van der Waals surface area (Å²) in [4.78, 5) is 1.52. The Hall–Kier alpha value is -1.43. The zero-order valence-electron chi connectivity index (χ0n) is 11.3. The molecule has 0 saturated carbocycles. The average Bonchev–Trinajstić information content (AvgIpc) is 3.03. The molecular formula is C16H16O3S2. The predicted octanol–water partition coefficient (Wildman–Crippen LogP) is 3.34. The van der Waals surface area contributed by atoms with E-state index < -0.39 is 15.9 Å². The van der Waals surface area contributed by atoms with Gasteiger partial charge in [-0.2, -0.15) is 0 Å². The molecule has 0 unspecified atom stereocenters. The molecular weight excluding hydrogens is 304 g/mol. The summed E-state index contributed by atoms with van der Waals surface area (Å²) < 4.78 is 25.4. The first-order valence-electron chi connectivity index (χ1n) is 6.82. The van der Waals surface area contributed by atoms with Crippen molar-refractivity contribution in [3.8, 4) is 0 Å². The molecule has 1 aromatic carbocycles. The lowest BCUT2D eigenvalue weighted by molar-refractivity contribution is 0.196. The second kappa shape index (κ2) is 5.75. The van der Waals surface area contributed by atoms with E-state index in [0.29, 0.717) is 6.42 Å². The van der Waals surface area contributed by atoms with Crippen molar-refractivity contribution >= 4 is 21.2 Å². The van der Waals surface area contributed by atoms with Gasteiger partial charge in [-0.05, 0) is 36.4 Å². The third-order valence-electron chi connectivity index (χ3n) is 3.72. The molecule has 0 amide bonds. The third-order valence-corrected chi connectivity index (χ3v) is 6.64. The summed E-state index contributed by atoms with van der Waals surface area (Å²) in [6.45, 7) is 0. The maximum absolute atomic E-state index is 12.7. The monoisotopic (exact) mass is 320 g/mol. The molecule has 110 valence electrons. The van der Waals surface area contributed by atoms with Crippen LogP contribution in [-0.4, -0.2) is 19.6 Å². The highest BCUT2D eigenvalue weighted by molar-refractivity contribution is 7.95. The molecule has 0 fully saturated rings. The second-order valence-electron chi connectivity index (χ2n) is 5.10. The van der Waals surface area contributed by atoms with Gasteiger partial charge >= 0.3 is 0 Å². The number of hydrogen-bond donors (Lipinski definition) is 1. The van der Waals surface area contributed by atoms with Crippen LogP contribution in [0, 0.1) is 0 Å². The van der Waals surface area contributed by atoms with Gasteiger partial charge in [0.2, 0.25) is 9.84 Å². The van der Waals surface area contributed by atoms with Crippen molar-refractivity contribution in [1.82, 2.24) is 0 Å². The Bertz CT molecular complexity index is 731. The van der Waals surface area contributed by atoms with E-state index in [-0.39, 0.29) is 15.7 Å². The summed E-state index contributed by atoms with van der Waals surface area (Å²) in [6, 6.07) is 12.3. The number of aliphatic hydroxyl groups excluding tert-OH is 1. The molecule has 0 radical (unpaired) electrons. The zero-order valence-corrected chi connectivity index (χ0v) is 13.0. The summed E-state index contributed by atoms with van der Waals surface area (Å²) in [6.07, 6.45) is 2.06. The number of rotatable bonds is 3. The van der Waals surface area contributed by atoms with Crippen molar-refractivity contribution in [2.24, 2.45) is 0 Å². The van der Waals surface area contributed by atoms with Crippen LogP contribution in [-0.2, 0) is 9.84 Å². The van der Waals surface area contributed by atoms with Gasteiger partial charge in [0.1, 0.15) is 0 Å². The summed E-state index contributed by atoms with van der Waals surface area (Å²) >= 11 is 1.62. The van der Waals surface area contributed by atoms with Gasteiger partial charge in [-0.15, -0.1) is 11.3 Å². The first kappa shape index (κ1) is 14.5. The Labute approximate surface area is 128 Å². The van der Waals surface area contributed by atoms with Crippen molar-refractivity contribution in [1.29, 1.82) is 0 Å². The molecule has 21 heavy (non-hydrogen) atoms. The second-order valence-corrected chi connectivity index (χ2v) is 8.03. The van der Waals surface area contributed by atoms with Crippen molar-refractivity contribution in [2.45, 2.75) is 29.8 Å². The zero-order chi connectivity index (χ0) is 14.9. The van der Waals surface area contributed by atoms with E-state index in [2.05, 4.69) is 0 Å². The molecule has 3 rings (SSSR count). The minimum absolute atomic E-state index is 0.0712. The summed E-state index contributed by atoms with van der Waals surface area (Å²) in [5.41, 5.74) is 0. The number of benzene rings is 1. The van der Waals surface area contributed by atoms with E-state index >= 15 is 0 Å². The summed E-state index contributed by atoms with van der Waals surface area (Å²) in [5.74, 6) is 0.0712. The Balaban J connectivity index is 2.03. The molecule has 0 aliphatic heterocycles. The van der Waals surface area contributed by atoms with Gasteiger partial charge in [0.25, 0.3) is 0 Å². The molecule has 0 spiro atoms. The van der Waals surface area contributed by atoms with Gasteiger partial charge in [0, 0.05) is 10.8 Å². The first-order chi connectivity index (χ1) is 10.1. The van der Waals surface area contributed by atoms with Crippen LogP contribution in [0.5, 0.6) is 0 Å². The molecule has 1 aliphatic carbocycles. The largest absolute Gasteiger partial charge is 0.388 e. The van der Waals surface area contributed by atoms with Gasteiger partial charge in [-0.1, -0.05) is 30.3 Å². The first-order valence-corrected chi connectivity index (χ1v) is 9.18. The van der Waals surface area contributed by atoms with Crippen molar-refractivity contribution in [3.63, 3.8) is 0 Å². The minimum Gasteiger partial charge on any atom is -0.388 e. The van der Waals surface area contributed by atoms with Crippen LogP contribution in [0.3, 0.4) is 0 Å². The molecule has 5 heteroatoms. The van der Waals surface area contributed by atoms with E-state index in [9.17, 15) is 13.5 Å². The molecule has 3 nitrogen and oxygen atoms in total. The van der Waals surface area contributed by atoms with E-state index in [1.54, 1.807) is 47.7 Å². The quantitative estimate of drug-likeness (QED) is 0.943. The fourth-order valence-corrected chi connectivity index (χ4v) is 5.04. The van der Waals surface area contributed by atoms with Crippen LogP contribution in [0.25, 0.3) is 0 Å². The highest BCUT2D eigenvalue weighted by Crippen LogP contribution is 2.37. The van der Waals surface area contributed by atoms with Crippen LogP contribution < -0.4 is 0 Å².